The van der Waals surface area contributed by atoms with Gasteiger partial charge in [-0.25, -0.2) is 0 Å². The van der Waals surface area contributed by atoms with E-state index in [-0.39, 0.29) is 17.4 Å². The Labute approximate surface area is 212 Å². The van der Waals surface area contributed by atoms with E-state index in [1.807, 2.05) is 6.07 Å². The Hall–Kier alpha value is -2.33. The lowest BCUT2D eigenvalue weighted by atomic mass is 9.73. The monoisotopic (exact) mass is 476 g/mol. The summed E-state index contributed by atoms with van der Waals surface area (Å²) in [5.74, 6) is 1.74. The number of piperidine rings is 1. The minimum absolute atomic E-state index is 0.0418. The number of likely N-dealkylation sites (tertiary alicyclic amines) is 1. The first-order valence-corrected chi connectivity index (χ1v) is 13.6. The minimum atomic E-state index is -0.257. The molecule has 0 bridgehead atoms. The highest BCUT2D eigenvalue weighted by Crippen LogP contribution is 2.38. The lowest BCUT2D eigenvalue weighted by Gasteiger charge is -2.42. The molecule has 1 fully saturated rings. The highest BCUT2D eigenvalue weighted by Gasteiger charge is 2.41. The number of para-hydroxylation sites is 1. The van der Waals surface area contributed by atoms with E-state index in [1.165, 1.54) is 22.3 Å². The number of carbonyl (C=O) groups excluding carboxylic acids is 1. The van der Waals surface area contributed by atoms with E-state index in [4.69, 9.17) is 4.74 Å². The van der Waals surface area contributed by atoms with Crippen molar-refractivity contribution in [2.75, 3.05) is 19.7 Å². The molecule has 2 aliphatic rings. The van der Waals surface area contributed by atoms with Gasteiger partial charge in [0.1, 0.15) is 12.4 Å². The van der Waals surface area contributed by atoms with Crippen LogP contribution in [0.15, 0.2) is 42.5 Å². The van der Waals surface area contributed by atoms with Gasteiger partial charge < -0.3 is 10.1 Å². The van der Waals surface area contributed by atoms with Crippen molar-refractivity contribution in [2.24, 2.45) is 11.3 Å². The maximum Gasteiger partial charge on any atom is 0.226 e. The fraction of sp³-hybridized carbons (Fsp3) is 0.581. The predicted molar refractivity (Wildman–Crippen MR) is 144 cm³/mol. The van der Waals surface area contributed by atoms with Gasteiger partial charge >= 0.3 is 0 Å². The fourth-order valence-electron chi connectivity index (χ4n) is 5.89. The second kappa shape index (κ2) is 11.6. The molecule has 0 aliphatic carbocycles. The summed E-state index contributed by atoms with van der Waals surface area (Å²) in [4.78, 5) is 16.4. The van der Waals surface area contributed by atoms with Crippen LogP contribution >= 0.6 is 0 Å². The second-order valence-corrected chi connectivity index (χ2v) is 11.4. The summed E-state index contributed by atoms with van der Waals surface area (Å²) in [6, 6.07) is 15.2. The molecular weight excluding hydrogens is 432 g/mol. The molecule has 1 spiro atoms. The lowest BCUT2D eigenvalue weighted by Crippen LogP contribution is -2.52. The largest absolute Gasteiger partial charge is 0.491 e. The van der Waals surface area contributed by atoms with Crippen LogP contribution in [0.2, 0.25) is 0 Å². The van der Waals surface area contributed by atoms with E-state index in [2.05, 4.69) is 74.3 Å². The van der Waals surface area contributed by atoms with Crippen LogP contribution in [0.5, 0.6) is 5.75 Å². The molecule has 0 radical (unpaired) electrons. The SMILES string of the molecule is Cc1ccc(CN2CCC3(CCCCc4ccccc4OC[C@H](CC(C)C)NC3=O)CC2)c(C)c1. The molecule has 2 aromatic carbocycles. The maximum atomic E-state index is 13.8. The first-order valence-electron chi connectivity index (χ1n) is 13.6. The normalized spacial score (nSPS) is 21.5. The Bertz CT molecular complexity index is 991. The average Bonchev–Trinajstić information content (AvgIpc) is 2.82. The molecule has 2 aliphatic heterocycles. The molecule has 0 saturated carbocycles. The van der Waals surface area contributed by atoms with E-state index >= 15 is 0 Å². The summed E-state index contributed by atoms with van der Waals surface area (Å²) < 4.78 is 6.28. The van der Waals surface area contributed by atoms with Gasteiger partial charge in [-0.05, 0) is 94.1 Å². The van der Waals surface area contributed by atoms with Gasteiger partial charge in [0, 0.05) is 6.54 Å². The van der Waals surface area contributed by atoms with Gasteiger partial charge in [0.25, 0.3) is 0 Å². The standard InChI is InChI=1S/C31H44N2O2/c1-23(2)19-28-22-35-29-11-6-5-9-26(29)10-7-8-14-31(30(34)32-28)15-17-33(18-16-31)21-27-13-12-24(3)20-25(27)4/h5-6,9,11-13,20,23,28H,7-8,10,14-19,21-22H2,1-4H3,(H,32,34)/t28-/m0/s1. The second-order valence-electron chi connectivity index (χ2n) is 11.4. The van der Waals surface area contributed by atoms with Gasteiger partial charge in [-0.2, -0.15) is 0 Å². The molecule has 0 unspecified atom stereocenters. The molecular formula is C31H44N2O2. The number of amides is 1. The molecule has 190 valence electrons. The van der Waals surface area contributed by atoms with E-state index in [0.29, 0.717) is 12.5 Å². The third-order valence-corrected chi connectivity index (χ3v) is 8.04. The minimum Gasteiger partial charge on any atom is -0.491 e. The fourth-order valence-corrected chi connectivity index (χ4v) is 5.89. The van der Waals surface area contributed by atoms with Gasteiger partial charge in [-0.1, -0.05) is 62.2 Å². The van der Waals surface area contributed by atoms with E-state index in [9.17, 15) is 4.79 Å². The summed E-state index contributed by atoms with van der Waals surface area (Å²) in [5, 5.41) is 3.45. The summed E-state index contributed by atoms with van der Waals surface area (Å²) in [6.45, 7) is 12.3. The average molecular weight is 477 g/mol. The van der Waals surface area contributed by atoms with Crippen molar-refractivity contribution < 1.29 is 9.53 Å². The number of hydrogen-bond acceptors (Lipinski definition) is 3. The van der Waals surface area contributed by atoms with Crippen molar-refractivity contribution in [3.05, 3.63) is 64.7 Å². The molecule has 4 nitrogen and oxygen atoms in total. The lowest BCUT2D eigenvalue weighted by molar-refractivity contribution is -0.136. The molecule has 2 aromatic rings. The number of nitrogens with one attached hydrogen (secondary N) is 1. The van der Waals surface area contributed by atoms with Crippen LogP contribution in [0.1, 0.15) is 74.6 Å². The van der Waals surface area contributed by atoms with Gasteiger partial charge in [-0.3, -0.25) is 9.69 Å². The van der Waals surface area contributed by atoms with Crippen LogP contribution in [0.4, 0.5) is 0 Å². The zero-order valence-electron chi connectivity index (χ0n) is 22.2. The van der Waals surface area contributed by atoms with Crippen LogP contribution in [-0.2, 0) is 17.8 Å². The topological polar surface area (TPSA) is 41.6 Å². The summed E-state index contributed by atoms with van der Waals surface area (Å²) in [7, 11) is 0. The Morgan fingerprint density at radius 1 is 1.06 bits per heavy atom. The first kappa shape index (κ1) is 25.8. The number of hydrogen-bond donors (Lipinski definition) is 1. The number of rotatable bonds is 4. The van der Waals surface area contributed by atoms with Crippen molar-refractivity contribution in [2.45, 2.75) is 85.2 Å². The molecule has 1 amide bonds. The number of carbonyl (C=O) groups is 1. The highest BCUT2D eigenvalue weighted by atomic mass is 16.5. The van der Waals surface area contributed by atoms with Crippen molar-refractivity contribution in [1.82, 2.24) is 10.2 Å². The molecule has 4 rings (SSSR count). The zero-order valence-corrected chi connectivity index (χ0v) is 22.2. The molecule has 1 atom stereocenters. The van der Waals surface area contributed by atoms with Crippen molar-refractivity contribution >= 4 is 5.91 Å². The molecule has 0 aromatic heterocycles. The molecule has 1 saturated heterocycles. The summed E-state index contributed by atoms with van der Waals surface area (Å²) in [6.07, 6.45) is 6.98. The van der Waals surface area contributed by atoms with Crippen molar-refractivity contribution in [3.63, 3.8) is 0 Å². The summed E-state index contributed by atoms with van der Waals surface area (Å²) in [5.41, 5.74) is 5.12. The number of ether oxygens (including phenoxy) is 1. The Morgan fingerprint density at radius 2 is 1.83 bits per heavy atom. The molecule has 35 heavy (non-hydrogen) atoms. The van der Waals surface area contributed by atoms with Crippen LogP contribution in [-0.4, -0.2) is 36.5 Å². The van der Waals surface area contributed by atoms with Crippen molar-refractivity contribution in [3.8, 4) is 5.75 Å². The first-order chi connectivity index (χ1) is 16.8. The van der Waals surface area contributed by atoms with Crippen LogP contribution in [0.25, 0.3) is 0 Å². The molecule has 4 heteroatoms. The van der Waals surface area contributed by atoms with Crippen LogP contribution in [0, 0.1) is 25.2 Å². The number of aryl methyl sites for hydroxylation is 3. The quantitative estimate of drug-likeness (QED) is 0.569. The molecule has 1 N–H and O–H groups in total. The third kappa shape index (κ3) is 6.67. The van der Waals surface area contributed by atoms with Gasteiger partial charge in [0.2, 0.25) is 5.91 Å². The number of nitrogens with zero attached hydrogens (tertiary/aromatic N) is 1. The Kier molecular flexibility index (Phi) is 8.54. The summed E-state index contributed by atoms with van der Waals surface area (Å²) >= 11 is 0. The van der Waals surface area contributed by atoms with Gasteiger partial charge in [-0.15, -0.1) is 0 Å². The van der Waals surface area contributed by atoms with Crippen molar-refractivity contribution in [1.29, 1.82) is 0 Å². The third-order valence-electron chi connectivity index (χ3n) is 8.04. The van der Waals surface area contributed by atoms with Crippen LogP contribution in [0.3, 0.4) is 0 Å². The predicted octanol–water partition coefficient (Wildman–Crippen LogP) is 6.22. The maximum absolute atomic E-state index is 13.8. The van der Waals surface area contributed by atoms with Gasteiger partial charge in [0.05, 0.1) is 11.5 Å². The van der Waals surface area contributed by atoms with Crippen LogP contribution < -0.4 is 10.1 Å². The van der Waals surface area contributed by atoms with E-state index in [0.717, 1.165) is 70.3 Å². The van der Waals surface area contributed by atoms with E-state index in [1.54, 1.807) is 0 Å². The zero-order chi connectivity index (χ0) is 24.8. The number of fused-ring (bicyclic) bond motifs is 1. The Balaban J connectivity index is 1.47. The Morgan fingerprint density at radius 3 is 2.57 bits per heavy atom. The molecule has 2 heterocycles. The smallest absolute Gasteiger partial charge is 0.226 e. The highest BCUT2D eigenvalue weighted by molar-refractivity contribution is 5.83. The number of benzene rings is 2. The van der Waals surface area contributed by atoms with Gasteiger partial charge in [0.15, 0.2) is 0 Å². The van der Waals surface area contributed by atoms with E-state index < -0.39 is 0 Å².